The second-order valence-electron chi connectivity index (χ2n) is 8.88. The molecule has 1 aliphatic heterocycles. The lowest BCUT2D eigenvalue weighted by Crippen LogP contribution is -2.36. The minimum atomic E-state index is -0.734. The van der Waals surface area contributed by atoms with E-state index in [2.05, 4.69) is 25.6 Å². The maximum absolute atomic E-state index is 14.4. The van der Waals surface area contributed by atoms with Gasteiger partial charge in [0.15, 0.2) is 11.5 Å². The Kier molecular flexibility index (Phi) is 6.64. The molecule has 5 aromatic rings. The number of rotatable bonds is 7. The highest BCUT2D eigenvalue weighted by Gasteiger charge is 2.18. The van der Waals surface area contributed by atoms with Crippen molar-refractivity contribution in [1.29, 1.82) is 0 Å². The third-order valence-corrected chi connectivity index (χ3v) is 6.45. The van der Waals surface area contributed by atoms with Crippen LogP contribution in [0, 0.1) is 11.6 Å². The third kappa shape index (κ3) is 5.04. The molecular formula is C28H25F2N7O2. The molecule has 0 unspecified atom stereocenters. The van der Waals surface area contributed by atoms with E-state index in [-0.39, 0.29) is 11.5 Å². The summed E-state index contributed by atoms with van der Waals surface area (Å²) in [5.41, 5.74) is 2.76. The first-order valence-corrected chi connectivity index (χ1v) is 12.4. The van der Waals surface area contributed by atoms with E-state index in [9.17, 15) is 8.78 Å². The molecule has 3 aromatic carbocycles. The first-order chi connectivity index (χ1) is 19.1. The molecule has 1 fully saturated rings. The van der Waals surface area contributed by atoms with Gasteiger partial charge in [-0.2, -0.15) is 4.98 Å². The summed E-state index contributed by atoms with van der Waals surface area (Å²) in [5, 5.41) is 11.1. The smallest absolute Gasteiger partial charge is 0.229 e. The van der Waals surface area contributed by atoms with Gasteiger partial charge < -0.3 is 25.0 Å². The van der Waals surface area contributed by atoms with Gasteiger partial charge in [0.1, 0.15) is 23.1 Å². The average molecular weight is 530 g/mol. The molecule has 0 spiro atoms. The Balaban J connectivity index is 1.35. The molecule has 2 aromatic heterocycles. The molecule has 1 aliphatic rings. The van der Waals surface area contributed by atoms with Crippen molar-refractivity contribution in [3.63, 3.8) is 0 Å². The van der Waals surface area contributed by atoms with Gasteiger partial charge in [-0.15, -0.1) is 5.10 Å². The summed E-state index contributed by atoms with van der Waals surface area (Å²) in [7, 11) is 1.59. The molecular weight excluding hydrogens is 504 g/mol. The van der Waals surface area contributed by atoms with Crippen molar-refractivity contribution >= 4 is 39.9 Å². The first-order valence-electron chi connectivity index (χ1n) is 12.4. The SMILES string of the molecule is COc1ccc(-n2nc(Nc3c(F)cccc3F)c3cnc(Nc4ccc(N5CCOCC5)cc4)nc32)cc1. The fraction of sp³-hybridized carbons (Fsp3) is 0.179. The predicted molar refractivity (Wildman–Crippen MR) is 146 cm³/mol. The van der Waals surface area contributed by atoms with Crippen LogP contribution in [-0.4, -0.2) is 53.2 Å². The quantitative estimate of drug-likeness (QED) is 0.289. The summed E-state index contributed by atoms with van der Waals surface area (Å²) >= 11 is 0. The molecule has 0 amide bonds. The van der Waals surface area contributed by atoms with Crippen LogP contribution in [-0.2, 0) is 4.74 Å². The Morgan fingerprint density at radius 3 is 2.26 bits per heavy atom. The van der Waals surface area contributed by atoms with Crippen molar-refractivity contribution in [2.75, 3.05) is 48.9 Å². The van der Waals surface area contributed by atoms with E-state index in [1.807, 2.05) is 36.4 Å². The molecule has 6 rings (SSSR count). The van der Waals surface area contributed by atoms with Crippen molar-refractivity contribution in [3.05, 3.63) is 84.6 Å². The Hall–Kier alpha value is -4.77. The first kappa shape index (κ1) is 24.6. The van der Waals surface area contributed by atoms with Gasteiger partial charge in [0.2, 0.25) is 5.95 Å². The number of halogens is 2. The molecule has 0 saturated carbocycles. The molecule has 0 atom stereocenters. The standard InChI is InChI=1S/C28H25F2N7O2/c1-38-21-11-9-20(10-12-21)37-27-22(26(35-37)33-25-23(29)3-2-4-24(25)30)17-31-28(34-27)32-18-5-7-19(8-6-18)36-13-15-39-16-14-36/h2-12,17H,13-16H2,1H3,(H,33,35)(H,31,32,34). The number of hydrogen-bond acceptors (Lipinski definition) is 8. The summed E-state index contributed by atoms with van der Waals surface area (Å²) in [6, 6.07) is 18.9. The van der Waals surface area contributed by atoms with Crippen LogP contribution in [0.2, 0.25) is 0 Å². The zero-order valence-corrected chi connectivity index (χ0v) is 21.1. The number of ether oxygens (including phenoxy) is 2. The largest absolute Gasteiger partial charge is 0.497 e. The van der Waals surface area contributed by atoms with E-state index < -0.39 is 11.6 Å². The van der Waals surface area contributed by atoms with Crippen LogP contribution in [0.4, 0.5) is 37.6 Å². The Morgan fingerprint density at radius 2 is 1.56 bits per heavy atom. The van der Waals surface area contributed by atoms with Gasteiger partial charge in [0.25, 0.3) is 0 Å². The summed E-state index contributed by atoms with van der Waals surface area (Å²) in [6.07, 6.45) is 1.57. The lowest BCUT2D eigenvalue weighted by Gasteiger charge is -2.28. The number of para-hydroxylation sites is 1. The molecule has 11 heteroatoms. The molecule has 0 radical (unpaired) electrons. The second-order valence-corrected chi connectivity index (χ2v) is 8.88. The summed E-state index contributed by atoms with van der Waals surface area (Å²) in [5.74, 6) is -0.227. The second kappa shape index (κ2) is 10.5. The van der Waals surface area contributed by atoms with Crippen molar-refractivity contribution in [1.82, 2.24) is 19.7 Å². The zero-order chi connectivity index (χ0) is 26.8. The molecule has 0 aliphatic carbocycles. The van der Waals surface area contributed by atoms with Gasteiger partial charge in [0, 0.05) is 30.7 Å². The van der Waals surface area contributed by atoms with Gasteiger partial charge in [-0.1, -0.05) is 6.07 Å². The van der Waals surface area contributed by atoms with Crippen LogP contribution in [0.1, 0.15) is 0 Å². The molecule has 2 N–H and O–H groups in total. The monoisotopic (exact) mass is 529 g/mol. The maximum atomic E-state index is 14.4. The van der Waals surface area contributed by atoms with Crippen LogP contribution in [0.5, 0.6) is 5.75 Å². The highest BCUT2D eigenvalue weighted by Crippen LogP contribution is 2.31. The molecule has 198 valence electrons. The van der Waals surface area contributed by atoms with Gasteiger partial charge in [-0.25, -0.2) is 18.4 Å². The van der Waals surface area contributed by atoms with Crippen LogP contribution in [0.15, 0.2) is 72.9 Å². The van der Waals surface area contributed by atoms with E-state index in [1.165, 1.54) is 18.2 Å². The van der Waals surface area contributed by atoms with Crippen LogP contribution in [0.3, 0.4) is 0 Å². The van der Waals surface area contributed by atoms with E-state index in [4.69, 9.17) is 14.5 Å². The number of nitrogens with zero attached hydrogens (tertiary/aromatic N) is 5. The molecule has 9 nitrogen and oxygen atoms in total. The number of methoxy groups -OCH3 is 1. The van der Waals surface area contributed by atoms with E-state index in [1.54, 1.807) is 30.1 Å². The average Bonchev–Trinajstić information content (AvgIpc) is 3.33. The fourth-order valence-electron chi connectivity index (χ4n) is 4.40. The minimum absolute atomic E-state index is 0.214. The van der Waals surface area contributed by atoms with Gasteiger partial charge in [-0.05, 0) is 60.7 Å². The Morgan fingerprint density at radius 1 is 0.872 bits per heavy atom. The molecule has 39 heavy (non-hydrogen) atoms. The highest BCUT2D eigenvalue weighted by atomic mass is 19.1. The topological polar surface area (TPSA) is 89.4 Å². The molecule has 3 heterocycles. The van der Waals surface area contributed by atoms with E-state index in [0.717, 1.165) is 37.7 Å². The van der Waals surface area contributed by atoms with Crippen LogP contribution < -0.4 is 20.3 Å². The number of anilines is 5. The van der Waals surface area contributed by atoms with Crippen molar-refractivity contribution in [3.8, 4) is 11.4 Å². The number of aromatic nitrogens is 4. The number of morpholine rings is 1. The zero-order valence-electron chi connectivity index (χ0n) is 21.1. The Bertz CT molecular complexity index is 1580. The summed E-state index contributed by atoms with van der Waals surface area (Å²) in [4.78, 5) is 11.4. The minimum Gasteiger partial charge on any atom is -0.497 e. The highest BCUT2D eigenvalue weighted by molar-refractivity contribution is 5.90. The summed E-state index contributed by atoms with van der Waals surface area (Å²) < 4.78 is 41.1. The third-order valence-electron chi connectivity index (χ3n) is 6.45. The number of nitrogens with one attached hydrogen (secondary N) is 2. The van der Waals surface area contributed by atoms with Gasteiger partial charge in [0.05, 0.1) is 31.4 Å². The molecule has 1 saturated heterocycles. The number of fused-ring (bicyclic) bond motifs is 1. The number of benzene rings is 3. The Labute approximate surface area is 223 Å². The lowest BCUT2D eigenvalue weighted by molar-refractivity contribution is 0.122. The fourth-order valence-corrected chi connectivity index (χ4v) is 4.40. The van der Waals surface area contributed by atoms with Crippen LogP contribution >= 0.6 is 0 Å². The van der Waals surface area contributed by atoms with E-state index >= 15 is 0 Å². The molecule has 0 bridgehead atoms. The predicted octanol–water partition coefficient (Wildman–Crippen LogP) is 5.43. The summed E-state index contributed by atoms with van der Waals surface area (Å²) in [6.45, 7) is 3.15. The maximum Gasteiger partial charge on any atom is 0.229 e. The van der Waals surface area contributed by atoms with Crippen LogP contribution in [0.25, 0.3) is 16.7 Å². The lowest BCUT2D eigenvalue weighted by atomic mass is 10.2. The van der Waals surface area contributed by atoms with Crippen molar-refractivity contribution < 1.29 is 18.3 Å². The van der Waals surface area contributed by atoms with Crippen molar-refractivity contribution in [2.24, 2.45) is 0 Å². The normalized spacial score (nSPS) is 13.5. The van der Waals surface area contributed by atoms with Crippen molar-refractivity contribution in [2.45, 2.75) is 0 Å². The van der Waals surface area contributed by atoms with Gasteiger partial charge in [-0.3, -0.25) is 0 Å². The van der Waals surface area contributed by atoms with E-state index in [0.29, 0.717) is 28.4 Å². The van der Waals surface area contributed by atoms with Gasteiger partial charge >= 0.3 is 0 Å². The number of hydrogen-bond donors (Lipinski definition) is 2.